The quantitative estimate of drug-likeness (QED) is 0.583. The molecule has 1 N–H and O–H groups in total. The smallest absolute Gasteiger partial charge is 0.00983 e. The molecule has 1 fully saturated rings. The van der Waals surface area contributed by atoms with Crippen molar-refractivity contribution >= 4 is 0 Å². The second-order valence-electron chi connectivity index (χ2n) is 6.37. The summed E-state index contributed by atoms with van der Waals surface area (Å²) in [5.74, 6) is 1.69. The van der Waals surface area contributed by atoms with Gasteiger partial charge in [0.15, 0.2) is 0 Å². The largest absolute Gasteiger partial charge is 0.317 e. The fraction of sp³-hybridized carbons (Fsp3) is 0.684. The van der Waals surface area contributed by atoms with E-state index in [1.807, 2.05) is 0 Å². The summed E-state index contributed by atoms with van der Waals surface area (Å²) in [5.41, 5.74) is 1.54. The molecular formula is C19H31N. The van der Waals surface area contributed by atoms with E-state index >= 15 is 0 Å². The average Bonchev–Trinajstić information content (AvgIpc) is 3.28. The molecule has 0 bridgehead atoms. The van der Waals surface area contributed by atoms with Crippen LogP contribution in [0.25, 0.3) is 0 Å². The molecule has 1 aromatic rings. The molecule has 0 spiro atoms. The molecule has 3 atom stereocenters. The third-order valence-electron chi connectivity index (χ3n) is 4.82. The van der Waals surface area contributed by atoms with Gasteiger partial charge in [0.25, 0.3) is 0 Å². The van der Waals surface area contributed by atoms with Gasteiger partial charge >= 0.3 is 0 Å². The summed E-state index contributed by atoms with van der Waals surface area (Å²) in [7, 11) is 2.14. The first-order chi connectivity index (χ1) is 9.86. The van der Waals surface area contributed by atoms with Crippen molar-refractivity contribution in [1.29, 1.82) is 0 Å². The van der Waals surface area contributed by atoms with Crippen LogP contribution in [0.3, 0.4) is 0 Å². The van der Waals surface area contributed by atoms with Gasteiger partial charge in [-0.15, -0.1) is 0 Å². The normalized spacial score (nSPS) is 22.7. The highest BCUT2D eigenvalue weighted by Gasteiger charge is 2.42. The molecule has 1 aromatic carbocycles. The summed E-state index contributed by atoms with van der Waals surface area (Å²) >= 11 is 0. The highest BCUT2D eigenvalue weighted by Crippen LogP contribution is 2.50. The van der Waals surface area contributed by atoms with Gasteiger partial charge in [0.05, 0.1) is 0 Å². The van der Waals surface area contributed by atoms with Crippen LogP contribution in [0, 0.1) is 5.92 Å². The molecule has 1 nitrogen and oxygen atoms in total. The summed E-state index contributed by atoms with van der Waals surface area (Å²) in [6, 6.07) is 11.8. The first-order valence-corrected chi connectivity index (χ1v) is 8.59. The van der Waals surface area contributed by atoms with Gasteiger partial charge in [0.2, 0.25) is 0 Å². The van der Waals surface area contributed by atoms with E-state index in [0.29, 0.717) is 0 Å². The third-order valence-corrected chi connectivity index (χ3v) is 4.82. The second kappa shape index (κ2) is 8.46. The highest BCUT2D eigenvalue weighted by molar-refractivity contribution is 5.26. The Labute approximate surface area is 125 Å². The monoisotopic (exact) mass is 273 g/mol. The first-order valence-electron chi connectivity index (χ1n) is 8.59. The second-order valence-corrected chi connectivity index (χ2v) is 6.37. The molecule has 1 aliphatic carbocycles. The van der Waals surface area contributed by atoms with Crippen molar-refractivity contribution in [2.45, 2.75) is 70.3 Å². The van der Waals surface area contributed by atoms with Crippen LogP contribution < -0.4 is 5.32 Å². The van der Waals surface area contributed by atoms with Crippen LogP contribution in [-0.4, -0.2) is 13.1 Å². The summed E-state index contributed by atoms with van der Waals surface area (Å²) in [6.45, 7) is 2.29. The zero-order valence-corrected chi connectivity index (χ0v) is 13.3. The molecule has 3 unspecified atom stereocenters. The lowest BCUT2D eigenvalue weighted by Crippen LogP contribution is -2.27. The van der Waals surface area contributed by atoms with Crippen molar-refractivity contribution < 1.29 is 0 Å². The highest BCUT2D eigenvalue weighted by atomic mass is 14.9. The zero-order chi connectivity index (χ0) is 14.2. The number of unbranched alkanes of at least 4 members (excludes halogenated alkanes) is 5. The van der Waals surface area contributed by atoms with Gasteiger partial charge in [-0.3, -0.25) is 0 Å². The number of hydrogen-bond donors (Lipinski definition) is 1. The minimum absolute atomic E-state index is 0.728. The Balaban J connectivity index is 1.66. The average molecular weight is 273 g/mol. The Morgan fingerprint density at radius 1 is 1.05 bits per heavy atom. The summed E-state index contributed by atoms with van der Waals surface area (Å²) in [6.07, 6.45) is 11.2. The van der Waals surface area contributed by atoms with Crippen LogP contribution in [0.5, 0.6) is 0 Å². The molecule has 1 heteroatoms. The molecule has 112 valence electrons. The van der Waals surface area contributed by atoms with E-state index in [1.165, 1.54) is 51.4 Å². The predicted molar refractivity (Wildman–Crippen MR) is 88.1 cm³/mol. The molecule has 2 rings (SSSR count). The van der Waals surface area contributed by atoms with Crippen molar-refractivity contribution in [2.75, 3.05) is 7.05 Å². The zero-order valence-electron chi connectivity index (χ0n) is 13.3. The summed E-state index contributed by atoms with van der Waals surface area (Å²) in [5, 5.41) is 3.57. The van der Waals surface area contributed by atoms with Crippen LogP contribution in [0.4, 0.5) is 0 Å². The van der Waals surface area contributed by atoms with E-state index in [4.69, 9.17) is 0 Å². The van der Waals surface area contributed by atoms with Crippen molar-refractivity contribution in [2.24, 2.45) is 5.92 Å². The standard InChI is InChI=1S/C19H31N/c1-3-4-5-6-7-11-14-19(20-2)18-15-17(18)16-12-9-8-10-13-16/h8-10,12-13,17-20H,3-7,11,14-15H2,1-2H3. The van der Waals surface area contributed by atoms with Gasteiger partial charge in [0.1, 0.15) is 0 Å². The van der Waals surface area contributed by atoms with E-state index < -0.39 is 0 Å². The molecule has 0 aromatic heterocycles. The van der Waals surface area contributed by atoms with E-state index in [1.54, 1.807) is 5.56 Å². The molecule has 0 amide bonds. The Kier molecular flexibility index (Phi) is 6.59. The SMILES string of the molecule is CCCCCCCCC(NC)C1CC1c1ccccc1. The lowest BCUT2D eigenvalue weighted by atomic mass is 9.99. The van der Waals surface area contributed by atoms with Crippen molar-refractivity contribution in [3.63, 3.8) is 0 Å². The molecular weight excluding hydrogens is 242 g/mol. The van der Waals surface area contributed by atoms with Crippen LogP contribution in [0.1, 0.15) is 69.8 Å². The van der Waals surface area contributed by atoms with Crippen molar-refractivity contribution in [3.05, 3.63) is 35.9 Å². The fourth-order valence-corrected chi connectivity index (χ4v) is 3.46. The third kappa shape index (κ3) is 4.63. The Morgan fingerprint density at radius 2 is 1.75 bits per heavy atom. The molecule has 0 aliphatic heterocycles. The van der Waals surface area contributed by atoms with Crippen molar-refractivity contribution in [3.8, 4) is 0 Å². The van der Waals surface area contributed by atoms with Crippen LogP contribution in [-0.2, 0) is 0 Å². The molecule has 1 aliphatic rings. The first kappa shape index (κ1) is 15.6. The number of nitrogens with one attached hydrogen (secondary N) is 1. The molecule has 1 saturated carbocycles. The molecule has 0 heterocycles. The lowest BCUT2D eigenvalue weighted by molar-refractivity contribution is 0.436. The van der Waals surface area contributed by atoms with Crippen LogP contribution in [0.15, 0.2) is 30.3 Å². The van der Waals surface area contributed by atoms with E-state index in [2.05, 4.69) is 49.6 Å². The maximum absolute atomic E-state index is 3.57. The Bertz CT molecular complexity index is 359. The van der Waals surface area contributed by atoms with Crippen LogP contribution in [0.2, 0.25) is 0 Å². The van der Waals surface area contributed by atoms with E-state index in [-0.39, 0.29) is 0 Å². The maximum Gasteiger partial charge on any atom is 0.00983 e. The number of rotatable bonds is 10. The molecule has 0 saturated heterocycles. The molecule has 20 heavy (non-hydrogen) atoms. The maximum atomic E-state index is 3.57. The van der Waals surface area contributed by atoms with Gasteiger partial charge in [-0.05, 0) is 37.3 Å². The topological polar surface area (TPSA) is 12.0 Å². The predicted octanol–water partition coefficient (Wildman–Crippen LogP) is 5.13. The fourth-order valence-electron chi connectivity index (χ4n) is 3.46. The summed E-state index contributed by atoms with van der Waals surface area (Å²) < 4.78 is 0. The Morgan fingerprint density at radius 3 is 2.45 bits per heavy atom. The van der Waals surface area contributed by atoms with Crippen molar-refractivity contribution in [1.82, 2.24) is 5.32 Å². The van der Waals surface area contributed by atoms with E-state index in [0.717, 1.165) is 17.9 Å². The lowest BCUT2D eigenvalue weighted by Gasteiger charge is -2.16. The number of benzene rings is 1. The van der Waals surface area contributed by atoms with Gasteiger partial charge in [-0.25, -0.2) is 0 Å². The minimum Gasteiger partial charge on any atom is -0.317 e. The summed E-state index contributed by atoms with van der Waals surface area (Å²) in [4.78, 5) is 0. The van der Waals surface area contributed by atoms with E-state index in [9.17, 15) is 0 Å². The Hall–Kier alpha value is -0.820. The van der Waals surface area contributed by atoms with Gasteiger partial charge in [-0.1, -0.05) is 75.8 Å². The van der Waals surface area contributed by atoms with Gasteiger partial charge in [-0.2, -0.15) is 0 Å². The van der Waals surface area contributed by atoms with Gasteiger partial charge in [0, 0.05) is 6.04 Å². The minimum atomic E-state index is 0.728. The number of hydrogen-bond acceptors (Lipinski definition) is 1. The van der Waals surface area contributed by atoms with Gasteiger partial charge < -0.3 is 5.32 Å². The molecule has 0 radical (unpaired) electrons. The van der Waals surface area contributed by atoms with Crippen LogP contribution >= 0.6 is 0 Å².